The highest BCUT2D eigenvalue weighted by Crippen LogP contribution is 2.23. The van der Waals surface area contributed by atoms with Crippen LogP contribution in [0.1, 0.15) is 5.56 Å². The molecular weight excluding hydrogens is 222 g/mol. The van der Waals surface area contributed by atoms with Crippen LogP contribution in [0.2, 0.25) is 0 Å². The molecule has 4 heteroatoms. The summed E-state index contributed by atoms with van der Waals surface area (Å²) in [7, 11) is 0. The Balaban J connectivity index is 2.28. The molecule has 0 atom stereocenters. The van der Waals surface area contributed by atoms with Crippen LogP contribution in [0.3, 0.4) is 0 Å². The fourth-order valence-electron chi connectivity index (χ4n) is 1.56. The van der Waals surface area contributed by atoms with Gasteiger partial charge in [-0.15, -0.1) is 0 Å². The van der Waals surface area contributed by atoms with Crippen molar-refractivity contribution in [2.75, 3.05) is 11.1 Å². The van der Waals surface area contributed by atoms with E-state index in [1.54, 1.807) is 12.1 Å². The Labute approximate surface area is 98.1 Å². The molecule has 2 aromatic rings. The summed E-state index contributed by atoms with van der Waals surface area (Å²) in [6, 6.07) is 9.03. The Morgan fingerprint density at radius 1 is 1.00 bits per heavy atom. The van der Waals surface area contributed by atoms with Crippen molar-refractivity contribution in [3.8, 4) is 0 Å². The molecule has 2 aromatic carbocycles. The highest BCUT2D eigenvalue weighted by molar-refractivity contribution is 5.65. The SMILES string of the molecule is Cc1cc(N)ccc1Nc1ccc(F)c(F)c1. The van der Waals surface area contributed by atoms with E-state index >= 15 is 0 Å². The summed E-state index contributed by atoms with van der Waals surface area (Å²) in [5, 5.41) is 3.01. The first-order valence-corrected chi connectivity index (χ1v) is 5.14. The number of aryl methyl sites for hydroxylation is 1. The molecule has 2 rings (SSSR count). The second-order valence-corrected chi connectivity index (χ2v) is 3.83. The molecule has 0 unspecified atom stereocenters. The van der Waals surface area contributed by atoms with E-state index in [0.29, 0.717) is 11.4 Å². The predicted molar refractivity (Wildman–Crippen MR) is 65.2 cm³/mol. The summed E-state index contributed by atoms with van der Waals surface area (Å²) in [6.45, 7) is 1.89. The van der Waals surface area contributed by atoms with Crippen LogP contribution in [0.4, 0.5) is 25.8 Å². The molecule has 0 aromatic heterocycles. The molecule has 0 fully saturated rings. The number of benzene rings is 2. The first-order valence-electron chi connectivity index (χ1n) is 5.14. The monoisotopic (exact) mass is 234 g/mol. The first-order chi connectivity index (χ1) is 8.06. The van der Waals surface area contributed by atoms with Gasteiger partial charge in [0.25, 0.3) is 0 Å². The highest BCUT2D eigenvalue weighted by Gasteiger charge is 2.04. The van der Waals surface area contributed by atoms with Crippen molar-refractivity contribution in [3.05, 3.63) is 53.6 Å². The van der Waals surface area contributed by atoms with Crippen LogP contribution in [0.25, 0.3) is 0 Å². The molecular formula is C13H12F2N2. The topological polar surface area (TPSA) is 38.0 Å². The van der Waals surface area contributed by atoms with Crippen LogP contribution in [0.5, 0.6) is 0 Å². The molecule has 2 nitrogen and oxygen atoms in total. The molecule has 0 heterocycles. The maximum Gasteiger partial charge on any atom is 0.160 e. The summed E-state index contributed by atoms with van der Waals surface area (Å²) >= 11 is 0. The van der Waals surface area contributed by atoms with E-state index < -0.39 is 11.6 Å². The van der Waals surface area contributed by atoms with Crippen molar-refractivity contribution in [1.29, 1.82) is 0 Å². The molecule has 17 heavy (non-hydrogen) atoms. The van der Waals surface area contributed by atoms with Gasteiger partial charge < -0.3 is 11.1 Å². The van der Waals surface area contributed by atoms with Gasteiger partial charge in [-0.2, -0.15) is 0 Å². The van der Waals surface area contributed by atoms with Crippen LogP contribution in [-0.2, 0) is 0 Å². The van der Waals surface area contributed by atoms with Crippen LogP contribution in [0, 0.1) is 18.6 Å². The largest absolute Gasteiger partial charge is 0.399 e. The van der Waals surface area contributed by atoms with Crippen molar-refractivity contribution in [1.82, 2.24) is 0 Å². The summed E-state index contributed by atoms with van der Waals surface area (Å²) in [5.74, 6) is -1.73. The van der Waals surface area contributed by atoms with Crippen molar-refractivity contribution < 1.29 is 8.78 Å². The third-order valence-electron chi connectivity index (χ3n) is 2.45. The second-order valence-electron chi connectivity index (χ2n) is 3.83. The lowest BCUT2D eigenvalue weighted by molar-refractivity contribution is 0.509. The molecule has 0 amide bonds. The van der Waals surface area contributed by atoms with Crippen LogP contribution < -0.4 is 11.1 Å². The Morgan fingerprint density at radius 3 is 2.41 bits per heavy atom. The maximum absolute atomic E-state index is 13.0. The van der Waals surface area contributed by atoms with E-state index in [9.17, 15) is 8.78 Å². The zero-order valence-corrected chi connectivity index (χ0v) is 9.30. The van der Waals surface area contributed by atoms with E-state index in [2.05, 4.69) is 5.32 Å². The van der Waals surface area contributed by atoms with Gasteiger partial charge in [-0.1, -0.05) is 0 Å². The van der Waals surface area contributed by atoms with Crippen LogP contribution >= 0.6 is 0 Å². The number of halogens is 2. The summed E-state index contributed by atoms with van der Waals surface area (Å²) < 4.78 is 25.8. The van der Waals surface area contributed by atoms with Gasteiger partial charge in [-0.3, -0.25) is 0 Å². The minimum Gasteiger partial charge on any atom is -0.399 e. The number of rotatable bonds is 2. The molecule has 0 aliphatic carbocycles. The van der Waals surface area contributed by atoms with E-state index in [4.69, 9.17) is 5.73 Å². The zero-order chi connectivity index (χ0) is 12.4. The van der Waals surface area contributed by atoms with Crippen molar-refractivity contribution >= 4 is 17.1 Å². The normalized spacial score (nSPS) is 10.3. The summed E-state index contributed by atoms with van der Waals surface area (Å²) in [4.78, 5) is 0. The molecule has 0 aliphatic heterocycles. The molecule has 0 spiro atoms. The third-order valence-corrected chi connectivity index (χ3v) is 2.45. The van der Waals surface area contributed by atoms with Gasteiger partial charge in [-0.25, -0.2) is 8.78 Å². The standard InChI is InChI=1S/C13H12F2N2/c1-8-6-9(16)2-5-13(8)17-10-3-4-11(14)12(15)7-10/h2-7,17H,16H2,1H3. The minimum atomic E-state index is -0.872. The van der Waals surface area contributed by atoms with Gasteiger partial charge in [0.05, 0.1) is 0 Å². The van der Waals surface area contributed by atoms with Gasteiger partial charge in [0.2, 0.25) is 0 Å². The Bertz CT molecular complexity index is 553. The summed E-state index contributed by atoms with van der Waals surface area (Å²) in [6.07, 6.45) is 0. The number of hydrogen-bond acceptors (Lipinski definition) is 2. The third kappa shape index (κ3) is 2.53. The zero-order valence-electron chi connectivity index (χ0n) is 9.30. The molecule has 0 saturated carbocycles. The molecule has 0 bridgehead atoms. The van der Waals surface area contributed by atoms with Gasteiger partial charge in [0, 0.05) is 23.1 Å². The molecule has 88 valence electrons. The van der Waals surface area contributed by atoms with E-state index in [1.807, 2.05) is 13.0 Å². The molecule has 0 saturated heterocycles. The lowest BCUT2D eigenvalue weighted by atomic mass is 10.1. The fraction of sp³-hybridized carbons (Fsp3) is 0.0769. The average Bonchev–Trinajstić information content (AvgIpc) is 2.27. The minimum absolute atomic E-state index is 0.497. The Morgan fingerprint density at radius 2 is 1.76 bits per heavy atom. The quantitative estimate of drug-likeness (QED) is 0.779. The van der Waals surface area contributed by atoms with Crippen molar-refractivity contribution in [2.24, 2.45) is 0 Å². The number of nitrogen functional groups attached to an aromatic ring is 1. The Hall–Kier alpha value is -2.10. The van der Waals surface area contributed by atoms with E-state index in [0.717, 1.165) is 23.4 Å². The maximum atomic E-state index is 13.0. The van der Waals surface area contributed by atoms with Crippen LogP contribution in [-0.4, -0.2) is 0 Å². The predicted octanol–water partition coefficient (Wildman–Crippen LogP) is 3.60. The van der Waals surface area contributed by atoms with Crippen molar-refractivity contribution in [3.63, 3.8) is 0 Å². The van der Waals surface area contributed by atoms with Crippen LogP contribution in [0.15, 0.2) is 36.4 Å². The lowest BCUT2D eigenvalue weighted by Crippen LogP contribution is -1.96. The smallest absolute Gasteiger partial charge is 0.160 e. The van der Waals surface area contributed by atoms with Gasteiger partial charge in [0.15, 0.2) is 11.6 Å². The first kappa shape index (κ1) is 11.4. The van der Waals surface area contributed by atoms with Crippen molar-refractivity contribution in [2.45, 2.75) is 6.92 Å². The molecule has 0 radical (unpaired) electrons. The van der Waals surface area contributed by atoms with E-state index in [-0.39, 0.29) is 0 Å². The number of anilines is 3. The average molecular weight is 234 g/mol. The number of nitrogens with two attached hydrogens (primary N) is 1. The summed E-state index contributed by atoms with van der Waals surface area (Å²) in [5.41, 5.74) is 8.54. The Kier molecular flexibility index (Phi) is 2.95. The second kappa shape index (κ2) is 4.41. The van der Waals surface area contributed by atoms with Gasteiger partial charge in [0.1, 0.15) is 0 Å². The molecule has 0 aliphatic rings. The lowest BCUT2D eigenvalue weighted by Gasteiger charge is -2.10. The molecule has 3 N–H and O–H groups in total. The van der Waals surface area contributed by atoms with Gasteiger partial charge >= 0.3 is 0 Å². The highest BCUT2D eigenvalue weighted by atomic mass is 19.2. The fourth-order valence-corrected chi connectivity index (χ4v) is 1.56. The number of nitrogens with one attached hydrogen (secondary N) is 1. The van der Waals surface area contributed by atoms with Gasteiger partial charge in [-0.05, 0) is 42.8 Å². The number of hydrogen-bond donors (Lipinski definition) is 2. The van der Waals surface area contributed by atoms with E-state index in [1.165, 1.54) is 6.07 Å².